The summed E-state index contributed by atoms with van der Waals surface area (Å²) in [7, 11) is -4.67. The van der Waals surface area contributed by atoms with Crippen LogP contribution in [0.3, 0.4) is 0 Å². The second-order valence-corrected chi connectivity index (χ2v) is 2.09. The van der Waals surface area contributed by atoms with E-state index in [2.05, 4.69) is 4.18 Å². The molecule has 0 aliphatic carbocycles. The van der Waals surface area contributed by atoms with Crippen LogP contribution in [0.15, 0.2) is 0 Å². The molecule has 0 saturated heterocycles. The number of hydrogen-bond donors (Lipinski definition) is 0. The van der Waals surface area contributed by atoms with E-state index in [0.717, 1.165) is 0 Å². The van der Waals surface area contributed by atoms with Gasteiger partial charge in [-0.2, -0.15) is 8.42 Å². The summed E-state index contributed by atoms with van der Waals surface area (Å²) in [5, 5.41) is 0. The van der Waals surface area contributed by atoms with Crippen LogP contribution in [0.4, 0.5) is 8.28 Å². The maximum Gasteiger partial charge on any atom is 0.437 e. The molecule has 10 heavy (non-hydrogen) atoms. The topological polar surface area (TPSA) is 43.4 Å². The van der Waals surface area contributed by atoms with Gasteiger partial charge in [-0.1, -0.05) is 3.89 Å². The van der Waals surface area contributed by atoms with Crippen molar-refractivity contribution in [3.8, 4) is 0 Å². The summed E-state index contributed by atoms with van der Waals surface area (Å²) in [6, 6.07) is 0. The van der Waals surface area contributed by atoms with Crippen LogP contribution in [0.2, 0.25) is 0 Å². The van der Waals surface area contributed by atoms with E-state index >= 15 is 0 Å². The maximum absolute atomic E-state index is 11.1. The Hall–Kier alpha value is -0.230. The first-order chi connectivity index (χ1) is 4.47. The Balaban J connectivity index is 0. The van der Waals surface area contributed by atoms with E-state index < -0.39 is 10.5 Å². The van der Waals surface area contributed by atoms with E-state index in [1.807, 2.05) is 0 Å². The Kier molecular flexibility index (Phi) is 8.57. The lowest BCUT2D eigenvalue weighted by molar-refractivity contribution is 0.311. The molecule has 0 rings (SSSR count). The van der Waals surface area contributed by atoms with Crippen LogP contribution in [0.25, 0.3) is 0 Å². The molecule has 0 aromatic rings. The Morgan fingerprint density at radius 3 is 1.70 bits per heavy atom. The average Bonchev–Trinajstić information content (AvgIpc) is 1.63. The minimum Gasteiger partial charge on any atom is -0.251 e. The molecule has 0 saturated carbocycles. The summed E-state index contributed by atoms with van der Waals surface area (Å²) in [5.41, 5.74) is 0. The van der Waals surface area contributed by atoms with Crippen LogP contribution < -0.4 is 0 Å². The zero-order chi connectivity index (χ0) is 8.62. The van der Waals surface area contributed by atoms with E-state index in [1.54, 1.807) is 0 Å². The van der Waals surface area contributed by atoms with Crippen LogP contribution in [0, 0.1) is 0 Å². The van der Waals surface area contributed by atoms with Crippen molar-refractivity contribution >= 4 is 10.5 Å². The zero-order valence-electron chi connectivity index (χ0n) is 5.80. The molecule has 0 N–H and O–H groups in total. The lowest BCUT2D eigenvalue weighted by atomic mass is 10.9. The summed E-state index contributed by atoms with van der Waals surface area (Å²) < 4.78 is 43.7. The molecule has 0 aromatic heterocycles. The standard InChI is InChI=1S/C2H5FO3S.C2H5F/c1-2-6-7(3,4)5;1-2-3/h2H2,1H3;2H2,1H3. The number of alkyl halides is 1. The van der Waals surface area contributed by atoms with E-state index in [9.17, 15) is 16.7 Å². The van der Waals surface area contributed by atoms with Gasteiger partial charge in [0.05, 0.1) is 13.3 Å². The van der Waals surface area contributed by atoms with Gasteiger partial charge in [0.2, 0.25) is 0 Å². The third kappa shape index (κ3) is 25.1. The molecule has 0 aliphatic heterocycles. The molecule has 6 heteroatoms. The maximum atomic E-state index is 11.1. The summed E-state index contributed by atoms with van der Waals surface area (Å²) in [5.74, 6) is 0. The van der Waals surface area contributed by atoms with Gasteiger partial charge in [-0.15, -0.1) is 0 Å². The van der Waals surface area contributed by atoms with Gasteiger partial charge in [0.25, 0.3) is 0 Å². The van der Waals surface area contributed by atoms with Crippen LogP contribution in [0.5, 0.6) is 0 Å². The number of hydrogen-bond acceptors (Lipinski definition) is 3. The van der Waals surface area contributed by atoms with Crippen molar-refractivity contribution in [1.82, 2.24) is 0 Å². The molecule has 0 amide bonds. The van der Waals surface area contributed by atoms with Gasteiger partial charge in [-0.05, 0) is 13.8 Å². The molecule has 0 fully saturated rings. The molecule has 3 nitrogen and oxygen atoms in total. The SMILES string of the molecule is CCF.CCOS(=O)(=O)F. The highest BCUT2D eigenvalue weighted by Gasteiger charge is 2.01. The monoisotopic (exact) mass is 176 g/mol. The molecule has 0 unspecified atom stereocenters. The van der Waals surface area contributed by atoms with Gasteiger partial charge >= 0.3 is 10.5 Å². The van der Waals surface area contributed by atoms with Crippen molar-refractivity contribution in [2.24, 2.45) is 0 Å². The zero-order valence-corrected chi connectivity index (χ0v) is 6.62. The average molecular weight is 176 g/mol. The molecule has 0 bridgehead atoms. The Labute approximate surface area is 59.4 Å². The Bertz CT molecular complexity index is 143. The molecule has 0 aliphatic rings. The fourth-order valence-electron chi connectivity index (χ4n) is 0.141. The molecular formula is C4H10F2O3S. The fraction of sp³-hybridized carbons (Fsp3) is 1.00. The van der Waals surface area contributed by atoms with Gasteiger partial charge in [0.15, 0.2) is 0 Å². The highest BCUT2D eigenvalue weighted by atomic mass is 32.3. The number of halogens is 2. The van der Waals surface area contributed by atoms with Crippen LogP contribution >= 0.6 is 0 Å². The predicted octanol–water partition coefficient (Wildman–Crippen LogP) is 1.21. The highest BCUT2D eigenvalue weighted by molar-refractivity contribution is 7.81. The largest absolute Gasteiger partial charge is 0.437 e. The van der Waals surface area contributed by atoms with Gasteiger partial charge < -0.3 is 0 Å². The second-order valence-electron chi connectivity index (χ2n) is 1.07. The first kappa shape index (κ1) is 12.4. The molecule has 0 spiro atoms. The minimum absolute atomic E-state index is 0.154. The molecular weight excluding hydrogens is 166 g/mol. The van der Waals surface area contributed by atoms with Gasteiger partial charge in [-0.3, -0.25) is 4.39 Å². The lowest BCUT2D eigenvalue weighted by Crippen LogP contribution is -1.95. The van der Waals surface area contributed by atoms with Crippen molar-refractivity contribution in [3.05, 3.63) is 0 Å². The van der Waals surface area contributed by atoms with Gasteiger partial charge in [0.1, 0.15) is 0 Å². The van der Waals surface area contributed by atoms with Crippen LogP contribution in [-0.4, -0.2) is 21.7 Å². The molecule has 64 valence electrons. The normalized spacial score (nSPS) is 10.0. The molecule has 0 atom stereocenters. The summed E-state index contributed by atoms with van der Waals surface area (Å²) in [4.78, 5) is 0. The summed E-state index contributed by atoms with van der Waals surface area (Å²) in [6.07, 6.45) is 0. The quantitative estimate of drug-likeness (QED) is 0.594. The Morgan fingerprint density at radius 1 is 1.40 bits per heavy atom. The van der Waals surface area contributed by atoms with Gasteiger partial charge in [-0.25, -0.2) is 4.18 Å². The molecule has 0 radical (unpaired) electrons. The van der Waals surface area contributed by atoms with Crippen LogP contribution in [-0.2, 0) is 14.7 Å². The minimum atomic E-state index is -4.67. The van der Waals surface area contributed by atoms with Crippen molar-refractivity contribution in [2.75, 3.05) is 13.3 Å². The van der Waals surface area contributed by atoms with E-state index in [4.69, 9.17) is 0 Å². The summed E-state index contributed by atoms with van der Waals surface area (Å²) in [6.45, 7) is 2.44. The molecule has 0 heterocycles. The van der Waals surface area contributed by atoms with Crippen molar-refractivity contribution < 1.29 is 20.9 Å². The second kappa shape index (κ2) is 6.88. The lowest BCUT2D eigenvalue weighted by Gasteiger charge is -1.85. The first-order valence-electron chi connectivity index (χ1n) is 2.62. The Morgan fingerprint density at radius 2 is 1.70 bits per heavy atom. The fourth-order valence-corrected chi connectivity index (χ4v) is 0.422. The smallest absolute Gasteiger partial charge is 0.251 e. The third-order valence-electron chi connectivity index (χ3n) is 0.259. The van der Waals surface area contributed by atoms with E-state index in [1.165, 1.54) is 13.8 Å². The van der Waals surface area contributed by atoms with Crippen molar-refractivity contribution in [3.63, 3.8) is 0 Å². The first-order valence-corrected chi connectivity index (χ1v) is 3.93. The van der Waals surface area contributed by atoms with E-state index in [-0.39, 0.29) is 13.3 Å². The number of rotatable bonds is 2. The van der Waals surface area contributed by atoms with Crippen molar-refractivity contribution in [1.29, 1.82) is 0 Å². The molecule has 0 aromatic carbocycles. The van der Waals surface area contributed by atoms with Crippen LogP contribution in [0.1, 0.15) is 13.8 Å². The third-order valence-corrected chi connectivity index (χ3v) is 0.776. The van der Waals surface area contributed by atoms with E-state index in [0.29, 0.717) is 0 Å². The van der Waals surface area contributed by atoms with Crippen molar-refractivity contribution in [2.45, 2.75) is 13.8 Å². The summed E-state index contributed by atoms with van der Waals surface area (Å²) >= 11 is 0. The van der Waals surface area contributed by atoms with Gasteiger partial charge in [0, 0.05) is 0 Å². The highest BCUT2D eigenvalue weighted by Crippen LogP contribution is 1.90. The predicted molar refractivity (Wildman–Crippen MR) is 33.3 cm³/mol.